The van der Waals surface area contributed by atoms with Gasteiger partial charge in [-0.3, -0.25) is 9.69 Å². The Morgan fingerprint density at radius 2 is 2.12 bits per heavy atom. The Kier molecular flexibility index (Phi) is 5.71. The average molecular weight is 363 g/mol. The van der Waals surface area contributed by atoms with Crippen molar-refractivity contribution in [2.45, 2.75) is 38.6 Å². The summed E-state index contributed by atoms with van der Waals surface area (Å²) >= 11 is 6.19. The van der Waals surface area contributed by atoms with E-state index in [1.54, 1.807) is 0 Å². The van der Waals surface area contributed by atoms with Gasteiger partial charge in [-0.2, -0.15) is 4.98 Å². The number of nitrogens with zero attached hydrogens (tertiary/aromatic N) is 3. The summed E-state index contributed by atoms with van der Waals surface area (Å²) in [5.41, 5.74) is 0.933. The molecule has 0 radical (unpaired) electrons. The van der Waals surface area contributed by atoms with E-state index in [-0.39, 0.29) is 11.9 Å². The molecule has 1 N–H and O–H groups in total. The third-order valence-electron chi connectivity index (χ3n) is 4.60. The van der Waals surface area contributed by atoms with Gasteiger partial charge in [0, 0.05) is 10.9 Å². The fraction of sp³-hybridized carbons (Fsp3) is 0.500. The SMILES string of the molecule is Cc1noc(C2CCN(CC(=O)NC(C)c3ccccc3Cl)CC2)n1. The number of benzene rings is 1. The number of piperidine rings is 1. The summed E-state index contributed by atoms with van der Waals surface area (Å²) in [7, 11) is 0. The van der Waals surface area contributed by atoms with Gasteiger partial charge in [-0.25, -0.2) is 0 Å². The zero-order chi connectivity index (χ0) is 17.8. The van der Waals surface area contributed by atoms with Crippen molar-refractivity contribution >= 4 is 17.5 Å². The molecule has 2 heterocycles. The Hall–Kier alpha value is -1.92. The normalized spacial score (nSPS) is 17.4. The molecule has 1 fully saturated rings. The van der Waals surface area contributed by atoms with Gasteiger partial charge < -0.3 is 9.84 Å². The summed E-state index contributed by atoms with van der Waals surface area (Å²) in [5.74, 6) is 1.70. The molecule has 3 rings (SSSR count). The van der Waals surface area contributed by atoms with E-state index >= 15 is 0 Å². The number of carbonyl (C=O) groups is 1. The molecule has 134 valence electrons. The quantitative estimate of drug-likeness (QED) is 0.884. The molecular weight excluding hydrogens is 340 g/mol. The first kappa shape index (κ1) is 17.9. The van der Waals surface area contributed by atoms with Crippen LogP contribution in [0.1, 0.15) is 49.0 Å². The Morgan fingerprint density at radius 3 is 2.76 bits per heavy atom. The minimum absolute atomic E-state index is 0.0134. The summed E-state index contributed by atoms with van der Waals surface area (Å²) < 4.78 is 5.26. The van der Waals surface area contributed by atoms with Crippen molar-refractivity contribution in [1.29, 1.82) is 0 Å². The number of hydrogen-bond donors (Lipinski definition) is 1. The number of halogens is 1. The third-order valence-corrected chi connectivity index (χ3v) is 4.94. The van der Waals surface area contributed by atoms with Crippen LogP contribution in [-0.2, 0) is 4.79 Å². The smallest absolute Gasteiger partial charge is 0.234 e. The first-order chi connectivity index (χ1) is 12.0. The van der Waals surface area contributed by atoms with Crippen LogP contribution in [-0.4, -0.2) is 40.6 Å². The average Bonchev–Trinajstić information content (AvgIpc) is 3.02. The maximum atomic E-state index is 12.3. The minimum Gasteiger partial charge on any atom is -0.348 e. The molecule has 1 aliphatic rings. The van der Waals surface area contributed by atoms with Gasteiger partial charge in [0.15, 0.2) is 5.82 Å². The minimum atomic E-state index is -0.111. The van der Waals surface area contributed by atoms with Crippen molar-refractivity contribution in [3.05, 3.63) is 46.6 Å². The fourth-order valence-corrected chi connectivity index (χ4v) is 3.51. The molecule has 6 nitrogen and oxygen atoms in total. The van der Waals surface area contributed by atoms with E-state index in [9.17, 15) is 4.79 Å². The number of hydrogen-bond acceptors (Lipinski definition) is 5. The van der Waals surface area contributed by atoms with Crippen molar-refractivity contribution in [2.24, 2.45) is 0 Å². The predicted octanol–water partition coefficient (Wildman–Crippen LogP) is 3.09. The number of likely N-dealkylation sites (tertiary alicyclic amines) is 1. The Labute approximate surface area is 152 Å². The molecule has 25 heavy (non-hydrogen) atoms. The number of aryl methyl sites for hydroxylation is 1. The Balaban J connectivity index is 1.47. The molecule has 7 heteroatoms. The highest BCUT2D eigenvalue weighted by Gasteiger charge is 2.26. The standard InChI is InChI=1S/C18H23ClN4O2/c1-12(15-5-3-4-6-16(15)19)20-17(24)11-23-9-7-14(8-10-23)18-21-13(2)22-25-18/h3-6,12,14H,7-11H2,1-2H3,(H,20,24). The maximum absolute atomic E-state index is 12.3. The number of aromatic nitrogens is 2. The molecule has 1 aromatic carbocycles. The van der Waals surface area contributed by atoms with Crippen molar-refractivity contribution in [1.82, 2.24) is 20.4 Å². The summed E-state index contributed by atoms with van der Waals surface area (Å²) in [6, 6.07) is 7.47. The molecule has 0 bridgehead atoms. The van der Waals surface area contributed by atoms with E-state index < -0.39 is 0 Å². The van der Waals surface area contributed by atoms with Crippen LogP contribution < -0.4 is 5.32 Å². The number of rotatable bonds is 5. The van der Waals surface area contributed by atoms with E-state index in [1.165, 1.54) is 0 Å². The first-order valence-electron chi connectivity index (χ1n) is 8.59. The van der Waals surface area contributed by atoms with Crippen LogP contribution in [0.5, 0.6) is 0 Å². The van der Waals surface area contributed by atoms with Crippen LogP contribution in [0.15, 0.2) is 28.8 Å². The van der Waals surface area contributed by atoms with Crippen LogP contribution in [0.2, 0.25) is 5.02 Å². The lowest BCUT2D eigenvalue weighted by molar-refractivity contribution is -0.123. The summed E-state index contributed by atoms with van der Waals surface area (Å²) in [6.07, 6.45) is 1.85. The highest BCUT2D eigenvalue weighted by atomic mass is 35.5. The molecule has 2 aromatic rings. The predicted molar refractivity (Wildman–Crippen MR) is 95.5 cm³/mol. The second-order valence-corrected chi connectivity index (χ2v) is 6.95. The monoisotopic (exact) mass is 362 g/mol. The highest BCUT2D eigenvalue weighted by molar-refractivity contribution is 6.31. The van der Waals surface area contributed by atoms with Crippen LogP contribution >= 0.6 is 11.6 Å². The van der Waals surface area contributed by atoms with Crippen LogP contribution in [0, 0.1) is 6.92 Å². The summed E-state index contributed by atoms with van der Waals surface area (Å²) in [4.78, 5) is 18.8. The van der Waals surface area contributed by atoms with Crippen molar-refractivity contribution in [3.8, 4) is 0 Å². The second kappa shape index (κ2) is 7.97. The zero-order valence-electron chi connectivity index (χ0n) is 14.5. The molecule has 0 aliphatic carbocycles. The molecule has 0 spiro atoms. The van der Waals surface area contributed by atoms with Crippen molar-refractivity contribution in [3.63, 3.8) is 0 Å². The van der Waals surface area contributed by atoms with E-state index in [2.05, 4.69) is 20.4 Å². The number of carbonyl (C=O) groups excluding carboxylic acids is 1. The highest BCUT2D eigenvalue weighted by Crippen LogP contribution is 2.26. The summed E-state index contributed by atoms with van der Waals surface area (Å²) in [6.45, 7) is 5.86. The van der Waals surface area contributed by atoms with Crippen LogP contribution in [0.3, 0.4) is 0 Å². The zero-order valence-corrected chi connectivity index (χ0v) is 15.3. The lowest BCUT2D eigenvalue weighted by Gasteiger charge is -2.30. The lowest BCUT2D eigenvalue weighted by atomic mass is 9.97. The van der Waals surface area contributed by atoms with Gasteiger partial charge >= 0.3 is 0 Å². The van der Waals surface area contributed by atoms with Gasteiger partial charge in [0.05, 0.1) is 12.6 Å². The Morgan fingerprint density at radius 1 is 1.40 bits per heavy atom. The molecule has 1 unspecified atom stereocenters. The van der Waals surface area contributed by atoms with Gasteiger partial charge in [-0.15, -0.1) is 0 Å². The van der Waals surface area contributed by atoms with Crippen LogP contribution in [0.25, 0.3) is 0 Å². The van der Waals surface area contributed by atoms with E-state index in [0.717, 1.165) is 31.5 Å². The van der Waals surface area contributed by atoms with Gasteiger partial charge in [0.1, 0.15) is 0 Å². The second-order valence-electron chi connectivity index (χ2n) is 6.54. The lowest BCUT2D eigenvalue weighted by Crippen LogP contribution is -2.41. The van der Waals surface area contributed by atoms with Gasteiger partial charge in [-0.1, -0.05) is 35.0 Å². The van der Waals surface area contributed by atoms with Crippen LogP contribution in [0.4, 0.5) is 0 Å². The van der Waals surface area contributed by atoms with Gasteiger partial charge in [-0.05, 0) is 51.4 Å². The molecular formula is C18H23ClN4O2. The summed E-state index contributed by atoms with van der Waals surface area (Å²) in [5, 5.41) is 7.55. The van der Waals surface area contributed by atoms with Crippen molar-refractivity contribution in [2.75, 3.05) is 19.6 Å². The number of amides is 1. The largest absolute Gasteiger partial charge is 0.348 e. The van der Waals surface area contributed by atoms with Gasteiger partial charge in [0.25, 0.3) is 0 Å². The van der Waals surface area contributed by atoms with E-state index in [1.807, 2.05) is 38.1 Å². The molecule has 1 amide bonds. The molecule has 1 atom stereocenters. The third kappa shape index (κ3) is 4.58. The van der Waals surface area contributed by atoms with Gasteiger partial charge in [0.2, 0.25) is 11.8 Å². The van der Waals surface area contributed by atoms with Crippen molar-refractivity contribution < 1.29 is 9.32 Å². The first-order valence-corrected chi connectivity index (χ1v) is 8.97. The molecule has 1 aromatic heterocycles. The molecule has 0 saturated carbocycles. The fourth-order valence-electron chi connectivity index (χ4n) is 3.21. The number of nitrogens with one attached hydrogen (secondary N) is 1. The maximum Gasteiger partial charge on any atom is 0.234 e. The molecule has 1 saturated heterocycles. The topological polar surface area (TPSA) is 71.3 Å². The van der Waals surface area contributed by atoms with E-state index in [0.29, 0.717) is 29.2 Å². The Bertz CT molecular complexity index is 725. The van der Waals surface area contributed by atoms with E-state index in [4.69, 9.17) is 16.1 Å². The molecule has 1 aliphatic heterocycles.